The minimum atomic E-state index is 0.0755. The number of ether oxygens (including phenoxy) is 1. The molecule has 31 heavy (non-hydrogen) atoms. The highest BCUT2D eigenvalue weighted by Gasteiger charge is 2.21. The molecule has 3 aromatic carbocycles. The van der Waals surface area contributed by atoms with Crippen LogP contribution in [0, 0.1) is 0 Å². The molecule has 0 unspecified atom stereocenters. The summed E-state index contributed by atoms with van der Waals surface area (Å²) < 4.78 is 5.95. The van der Waals surface area contributed by atoms with E-state index in [0.717, 1.165) is 49.5 Å². The van der Waals surface area contributed by atoms with Gasteiger partial charge in [-0.05, 0) is 60.4 Å². The van der Waals surface area contributed by atoms with E-state index in [2.05, 4.69) is 22.3 Å². The molecule has 1 amide bonds. The van der Waals surface area contributed by atoms with E-state index in [1.807, 2.05) is 66.7 Å². The fourth-order valence-corrected chi connectivity index (χ4v) is 4.02. The number of para-hydroxylation sites is 1. The maximum atomic E-state index is 12.4. The number of hydrogen-bond acceptors (Lipinski definition) is 3. The number of halogens is 1. The van der Waals surface area contributed by atoms with Gasteiger partial charge in [0.2, 0.25) is 5.91 Å². The molecule has 0 spiro atoms. The zero-order chi connectivity index (χ0) is 21.5. The standard InChI is InChI=1S/C26H27ClN2O2/c27-22-11-9-20(10-12-22)18-26(30)28-23-13-15-29(16-14-23)19-21-5-4-8-25(17-21)31-24-6-2-1-3-7-24/h1-12,17,23H,13-16,18-19H2,(H,28,30). The van der Waals surface area contributed by atoms with Gasteiger partial charge in [0.05, 0.1) is 6.42 Å². The van der Waals surface area contributed by atoms with Gasteiger partial charge < -0.3 is 10.1 Å². The van der Waals surface area contributed by atoms with Crippen LogP contribution in [0.25, 0.3) is 0 Å². The van der Waals surface area contributed by atoms with Gasteiger partial charge in [0, 0.05) is 30.7 Å². The van der Waals surface area contributed by atoms with Crippen LogP contribution in [0.3, 0.4) is 0 Å². The van der Waals surface area contributed by atoms with E-state index in [1.165, 1.54) is 5.56 Å². The molecule has 1 heterocycles. The molecule has 1 saturated heterocycles. The Morgan fingerprint density at radius 2 is 1.61 bits per heavy atom. The lowest BCUT2D eigenvalue weighted by molar-refractivity contribution is -0.121. The average Bonchev–Trinajstić information content (AvgIpc) is 2.78. The molecule has 0 atom stereocenters. The first kappa shape index (κ1) is 21.4. The van der Waals surface area contributed by atoms with Gasteiger partial charge in [-0.3, -0.25) is 9.69 Å². The van der Waals surface area contributed by atoms with Crippen LogP contribution in [-0.4, -0.2) is 29.9 Å². The van der Waals surface area contributed by atoms with Crippen LogP contribution in [0.4, 0.5) is 0 Å². The van der Waals surface area contributed by atoms with Crippen LogP contribution in [0.1, 0.15) is 24.0 Å². The van der Waals surface area contributed by atoms with E-state index in [4.69, 9.17) is 16.3 Å². The van der Waals surface area contributed by atoms with Crippen molar-refractivity contribution in [2.75, 3.05) is 13.1 Å². The van der Waals surface area contributed by atoms with Crippen LogP contribution in [0.15, 0.2) is 78.9 Å². The molecule has 3 aromatic rings. The van der Waals surface area contributed by atoms with Crippen LogP contribution in [0.2, 0.25) is 5.02 Å². The van der Waals surface area contributed by atoms with Crippen molar-refractivity contribution in [3.63, 3.8) is 0 Å². The van der Waals surface area contributed by atoms with Crippen LogP contribution < -0.4 is 10.1 Å². The summed E-state index contributed by atoms with van der Waals surface area (Å²) in [5.41, 5.74) is 2.22. The predicted octanol–water partition coefficient (Wildman–Crippen LogP) is 5.46. The molecule has 5 heteroatoms. The molecular weight excluding hydrogens is 408 g/mol. The Morgan fingerprint density at radius 1 is 0.903 bits per heavy atom. The normalized spacial score (nSPS) is 14.9. The average molecular weight is 435 g/mol. The van der Waals surface area contributed by atoms with Gasteiger partial charge in [0.1, 0.15) is 11.5 Å². The number of amides is 1. The van der Waals surface area contributed by atoms with E-state index in [-0.39, 0.29) is 11.9 Å². The van der Waals surface area contributed by atoms with E-state index < -0.39 is 0 Å². The molecule has 4 nitrogen and oxygen atoms in total. The Bertz CT molecular complexity index is 984. The highest BCUT2D eigenvalue weighted by atomic mass is 35.5. The molecule has 1 fully saturated rings. The Balaban J connectivity index is 1.23. The van der Waals surface area contributed by atoms with Gasteiger partial charge in [-0.1, -0.05) is 54.1 Å². The summed E-state index contributed by atoms with van der Waals surface area (Å²) in [7, 11) is 0. The van der Waals surface area contributed by atoms with E-state index in [1.54, 1.807) is 0 Å². The van der Waals surface area contributed by atoms with Crippen molar-refractivity contribution in [2.45, 2.75) is 31.8 Å². The number of nitrogens with zero attached hydrogens (tertiary/aromatic N) is 1. The second kappa shape index (κ2) is 10.5. The quantitative estimate of drug-likeness (QED) is 0.537. The number of carbonyl (C=O) groups excluding carboxylic acids is 1. The van der Waals surface area contributed by atoms with Gasteiger partial charge in [-0.2, -0.15) is 0 Å². The molecule has 4 rings (SSSR count). The van der Waals surface area contributed by atoms with Crippen molar-refractivity contribution in [2.24, 2.45) is 0 Å². The minimum Gasteiger partial charge on any atom is -0.457 e. The lowest BCUT2D eigenvalue weighted by atomic mass is 10.0. The maximum absolute atomic E-state index is 12.4. The zero-order valence-electron chi connectivity index (χ0n) is 17.5. The summed E-state index contributed by atoms with van der Waals surface area (Å²) in [5.74, 6) is 1.77. The molecule has 1 aliphatic rings. The third-order valence-electron chi connectivity index (χ3n) is 5.51. The first-order chi connectivity index (χ1) is 15.1. The third-order valence-corrected chi connectivity index (χ3v) is 5.77. The van der Waals surface area contributed by atoms with Crippen molar-refractivity contribution in [3.8, 4) is 11.5 Å². The smallest absolute Gasteiger partial charge is 0.224 e. The summed E-state index contributed by atoms with van der Waals surface area (Å²) in [6.45, 7) is 2.82. The topological polar surface area (TPSA) is 41.6 Å². The van der Waals surface area contributed by atoms with Crippen LogP contribution >= 0.6 is 11.6 Å². The summed E-state index contributed by atoms with van der Waals surface area (Å²) in [5, 5.41) is 3.87. The molecule has 0 saturated carbocycles. The van der Waals surface area contributed by atoms with E-state index >= 15 is 0 Å². The summed E-state index contributed by atoms with van der Waals surface area (Å²) in [6, 6.07) is 25.8. The number of piperidine rings is 1. The third kappa shape index (κ3) is 6.58. The number of hydrogen-bond donors (Lipinski definition) is 1. The molecular formula is C26H27ClN2O2. The number of carbonyl (C=O) groups is 1. The minimum absolute atomic E-state index is 0.0755. The maximum Gasteiger partial charge on any atom is 0.224 e. The largest absolute Gasteiger partial charge is 0.457 e. The number of benzene rings is 3. The number of nitrogens with one attached hydrogen (secondary N) is 1. The molecule has 0 aliphatic carbocycles. The fourth-order valence-electron chi connectivity index (χ4n) is 3.89. The van der Waals surface area contributed by atoms with Gasteiger partial charge in [0.25, 0.3) is 0 Å². The Labute approximate surface area is 188 Å². The summed E-state index contributed by atoms with van der Waals surface area (Å²) >= 11 is 5.91. The van der Waals surface area contributed by atoms with E-state index in [9.17, 15) is 4.79 Å². The summed E-state index contributed by atoms with van der Waals surface area (Å²) in [6.07, 6.45) is 2.32. The second-order valence-electron chi connectivity index (χ2n) is 7.98. The number of rotatable bonds is 7. The SMILES string of the molecule is O=C(Cc1ccc(Cl)cc1)NC1CCN(Cc2cccc(Oc3ccccc3)c2)CC1. The van der Waals surface area contributed by atoms with Gasteiger partial charge in [-0.15, -0.1) is 0 Å². The van der Waals surface area contributed by atoms with E-state index in [0.29, 0.717) is 11.4 Å². The molecule has 0 bridgehead atoms. The first-order valence-corrected chi connectivity index (χ1v) is 11.1. The monoisotopic (exact) mass is 434 g/mol. The van der Waals surface area contributed by atoms with Gasteiger partial charge >= 0.3 is 0 Å². The van der Waals surface area contributed by atoms with Gasteiger partial charge in [0.15, 0.2) is 0 Å². The molecule has 1 N–H and O–H groups in total. The highest BCUT2D eigenvalue weighted by Crippen LogP contribution is 2.23. The van der Waals surface area contributed by atoms with Crippen LogP contribution in [-0.2, 0) is 17.8 Å². The Kier molecular flexibility index (Phi) is 7.23. The predicted molar refractivity (Wildman–Crippen MR) is 125 cm³/mol. The lowest BCUT2D eigenvalue weighted by Crippen LogP contribution is -2.44. The molecule has 0 aromatic heterocycles. The highest BCUT2D eigenvalue weighted by molar-refractivity contribution is 6.30. The Morgan fingerprint density at radius 3 is 2.35 bits per heavy atom. The molecule has 1 aliphatic heterocycles. The van der Waals surface area contributed by atoms with Crippen molar-refractivity contribution in [3.05, 3.63) is 95.0 Å². The lowest BCUT2D eigenvalue weighted by Gasteiger charge is -2.32. The Hall–Kier alpha value is -2.82. The molecule has 0 radical (unpaired) electrons. The fraction of sp³-hybridized carbons (Fsp3) is 0.269. The molecule has 160 valence electrons. The van der Waals surface area contributed by atoms with Crippen molar-refractivity contribution < 1.29 is 9.53 Å². The van der Waals surface area contributed by atoms with Crippen molar-refractivity contribution >= 4 is 17.5 Å². The second-order valence-corrected chi connectivity index (χ2v) is 8.42. The number of likely N-dealkylation sites (tertiary alicyclic amines) is 1. The summed E-state index contributed by atoms with van der Waals surface area (Å²) in [4.78, 5) is 14.8. The first-order valence-electron chi connectivity index (χ1n) is 10.7. The van der Waals surface area contributed by atoms with Crippen molar-refractivity contribution in [1.29, 1.82) is 0 Å². The van der Waals surface area contributed by atoms with Crippen LogP contribution in [0.5, 0.6) is 11.5 Å². The zero-order valence-corrected chi connectivity index (χ0v) is 18.2. The van der Waals surface area contributed by atoms with Gasteiger partial charge in [-0.25, -0.2) is 0 Å². The van der Waals surface area contributed by atoms with Crippen molar-refractivity contribution in [1.82, 2.24) is 10.2 Å².